The standard InChI is InChI=1S/C20H25N5O4/c1-20(2,3)12-7-8-14(29-6)13(9-12)22-15(26)10-25-11-21-17-16(25)18(27)24(5)19(28)23(17)4/h7-9,11H,10H2,1-6H3,(H,22,26). The molecule has 0 saturated heterocycles. The number of nitrogens with one attached hydrogen (secondary N) is 1. The largest absolute Gasteiger partial charge is 0.495 e. The molecule has 1 N–H and O–H groups in total. The van der Waals surface area contributed by atoms with Crippen LogP contribution in [0.4, 0.5) is 5.69 Å². The van der Waals surface area contributed by atoms with E-state index in [2.05, 4.69) is 31.1 Å². The first-order chi connectivity index (χ1) is 13.5. The number of amides is 1. The molecule has 3 rings (SSSR count). The normalized spacial score (nSPS) is 11.7. The Morgan fingerprint density at radius 2 is 1.86 bits per heavy atom. The van der Waals surface area contributed by atoms with E-state index >= 15 is 0 Å². The van der Waals surface area contributed by atoms with Gasteiger partial charge in [-0.3, -0.25) is 18.7 Å². The SMILES string of the molecule is COc1ccc(C(C)(C)C)cc1NC(=O)Cn1cnc2c1c(=O)n(C)c(=O)n2C. The van der Waals surface area contributed by atoms with Crippen molar-refractivity contribution in [2.45, 2.75) is 32.7 Å². The summed E-state index contributed by atoms with van der Waals surface area (Å²) >= 11 is 0. The van der Waals surface area contributed by atoms with E-state index in [1.165, 1.54) is 36.7 Å². The summed E-state index contributed by atoms with van der Waals surface area (Å²) in [5.41, 5.74) is 0.962. The van der Waals surface area contributed by atoms with Crippen molar-refractivity contribution in [3.8, 4) is 5.75 Å². The lowest BCUT2D eigenvalue weighted by Gasteiger charge is -2.21. The van der Waals surface area contributed by atoms with Crippen LogP contribution in [0.2, 0.25) is 0 Å². The lowest BCUT2D eigenvalue weighted by Crippen LogP contribution is -2.37. The summed E-state index contributed by atoms with van der Waals surface area (Å²) in [7, 11) is 4.46. The molecule has 0 fully saturated rings. The molecule has 0 atom stereocenters. The Bertz CT molecular complexity index is 1210. The molecule has 0 radical (unpaired) electrons. The van der Waals surface area contributed by atoms with Gasteiger partial charge in [-0.2, -0.15) is 0 Å². The van der Waals surface area contributed by atoms with E-state index in [1.54, 1.807) is 0 Å². The zero-order chi connectivity index (χ0) is 21.5. The third-order valence-electron chi connectivity index (χ3n) is 4.87. The van der Waals surface area contributed by atoms with Crippen molar-refractivity contribution in [2.24, 2.45) is 14.1 Å². The van der Waals surface area contributed by atoms with Gasteiger partial charge in [-0.15, -0.1) is 0 Å². The maximum atomic E-state index is 12.7. The van der Waals surface area contributed by atoms with Crippen molar-refractivity contribution < 1.29 is 9.53 Å². The summed E-state index contributed by atoms with van der Waals surface area (Å²) in [5.74, 6) is 0.199. The second-order valence-electron chi connectivity index (χ2n) is 7.96. The number of aromatic nitrogens is 4. The van der Waals surface area contributed by atoms with Gasteiger partial charge in [0, 0.05) is 14.1 Å². The Hall–Kier alpha value is -3.36. The molecule has 0 aliphatic carbocycles. The highest BCUT2D eigenvalue weighted by Gasteiger charge is 2.19. The van der Waals surface area contributed by atoms with Crippen molar-refractivity contribution in [3.63, 3.8) is 0 Å². The highest BCUT2D eigenvalue weighted by Crippen LogP contribution is 2.31. The summed E-state index contributed by atoms with van der Waals surface area (Å²) in [5, 5.41) is 2.85. The van der Waals surface area contributed by atoms with Gasteiger partial charge in [0.2, 0.25) is 5.91 Å². The van der Waals surface area contributed by atoms with E-state index in [0.717, 1.165) is 10.1 Å². The minimum absolute atomic E-state index is 0.0940. The van der Waals surface area contributed by atoms with Crippen LogP contribution >= 0.6 is 0 Å². The topological polar surface area (TPSA) is 100 Å². The molecule has 0 unspecified atom stereocenters. The van der Waals surface area contributed by atoms with Gasteiger partial charge in [-0.1, -0.05) is 26.8 Å². The second kappa shape index (κ2) is 7.23. The number of benzene rings is 1. The number of fused-ring (bicyclic) bond motifs is 1. The van der Waals surface area contributed by atoms with Crippen LogP contribution < -0.4 is 21.3 Å². The van der Waals surface area contributed by atoms with Gasteiger partial charge in [0.1, 0.15) is 12.3 Å². The van der Waals surface area contributed by atoms with E-state index in [9.17, 15) is 14.4 Å². The highest BCUT2D eigenvalue weighted by molar-refractivity contribution is 5.93. The molecule has 1 amide bonds. The zero-order valence-electron chi connectivity index (χ0n) is 17.4. The molecule has 2 heterocycles. The van der Waals surface area contributed by atoms with Gasteiger partial charge in [-0.05, 0) is 23.1 Å². The number of carbonyl (C=O) groups is 1. The van der Waals surface area contributed by atoms with Gasteiger partial charge in [-0.25, -0.2) is 9.78 Å². The zero-order valence-corrected chi connectivity index (χ0v) is 17.4. The predicted molar refractivity (Wildman–Crippen MR) is 111 cm³/mol. The molecule has 0 aliphatic rings. The quantitative estimate of drug-likeness (QED) is 0.714. The number of ether oxygens (including phenoxy) is 1. The molecule has 0 saturated carbocycles. The second-order valence-corrected chi connectivity index (χ2v) is 7.96. The summed E-state index contributed by atoms with van der Waals surface area (Å²) in [6, 6.07) is 5.65. The van der Waals surface area contributed by atoms with Crippen LogP contribution in [-0.4, -0.2) is 31.7 Å². The number of anilines is 1. The van der Waals surface area contributed by atoms with Crippen molar-refractivity contribution in [2.75, 3.05) is 12.4 Å². The number of hydrogen-bond donors (Lipinski definition) is 1. The Labute approximate surface area is 167 Å². The third kappa shape index (κ3) is 3.67. The fourth-order valence-corrected chi connectivity index (χ4v) is 3.13. The summed E-state index contributed by atoms with van der Waals surface area (Å²) < 4.78 is 9.07. The van der Waals surface area contributed by atoms with Gasteiger partial charge >= 0.3 is 5.69 Å². The Morgan fingerprint density at radius 3 is 2.48 bits per heavy atom. The van der Waals surface area contributed by atoms with E-state index < -0.39 is 11.2 Å². The van der Waals surface area contributed by atoms with Crippen molar-refractivity contribution in [3.05, 3.63) is 50.9 Å². The molecule has 9 heteroatoms. The van der Waals surface area contributed by atoms with Crippen LogP contribution in [0.15, 0.2) is 34.1 Å². The van der Waals surface area contributed by atoms with E-state index in [0.29, 0.717) is 11.4 Å². The van der Waals surface area contributed by atoms with Gasteiger partial charge in [0.05, 0.1) is 19.1 Å². The van der Waals surface area contributed by atoms with Gasteiger partial charge in [0.25, 0.3) is 5.56 Å². The number of carbonyl (C=O) groups excluding carboxylic acids is 1. The van der Waals surface area contributed by atoms with Crippen LogP contribution in [0.5, 0.6) is 5.75 Å². The minimum Gasteiger partial charge on any atom is -0.495 e. The molecule has 0 spiro atoms. The van der Waals surface area contributed by atoms with E-state index in [-0.39, 0.29) is 29.0 Å². The highest BCUT2D eigenvalue weighted by atomic mass is 16.5. The van der Waals surface area contributed by atoms with Crippen LogP contribution in [0.1, 0.15) is 26.3 Å². The molecule has 1 aromatic carbocycles. The Balaban J connectivity index is 1.95. The molecule has 0 aliphatic heterocycles. The van der Waals surface area contributed by atoms with Crippen LogP contribution in [0, 0.1) is 0 Å². The third-order valence-corrected chi connectivity index (χ3v) is 4.87. The average molecular weight is 399 g/mol. The smallest absolute Gasteiger partial charge is 0.332 e. The first kappa shape index (κ1) is 20.4. The molecule has 154 valence electrons. The maximum Gasteiger partial charge on any atom is 0.332 e. The number of imidazole rings is 1. The average Bonchev–Trinajstić information content (AvgIpc) is 3.07. The molecule has 0 bridgehead atoms. The molecule has 9 nitrogen and oxygen atoms in total. The summed E-state index contributed by atoms with van der Waals surface area (Å²) in [6.45, 7) is 6.11. The van der Waals surface area contributed by atoms with Crippen LogP contribution in [-0.2, 0) is 30.8 Å². The van der Waals surface area contributed by atoms with E-state index in [1.807, 2.05) is 18.2 Å². The van der Waals surface area contributed by atoms with Crippen molar-refractivity contribution in [1.82, 2.24) is 18.7 Å². The van der Waals surface area contributed by atoms with Crippen LogP contribution in [0.25, 0.3) is 11.2 Å². The first-order valence-electron chi connectivity index (χ1n) is 9.14. The lowest BCUT2D eigenvalue weighted by molar-refractivity contribution is -0.116. The predicted octanol–water partition coefficient (Wildman–Crippen LogP) is 1.38. The Kier molecular flexibility index (Phi) is 5.08. The maximum absolute atomic E-state index is 12.7. The number of nitrogens with zero attached hydrogens (tertiary/aromatic N) is 4. The van der Waals surface area contributed by atoms with Crippen molar-refractivity contribution in [1.29, 1.82) is 0 Å². The fraction of sp³-hybridized carbons (Fsp3) is 0.400. The Morgan fingerprint density at radius 1 is 1.17 bits per heavy atom. The summed E-state index contributed by atoms with van der Waals surface area (Å²) in [6.07, 6.45) is 1.38. The monoisotopic (exact) mass is 399 g/mol. The molecular formula is C20H25N5O4. The van der Waals surface area contributed by atoms with Gasteiger partial charge < -0.3 is 14.6 Å². The number of methoxy groups -OCH3 is 1. The molecular weight excluding hydrogens is 374 g/mol. The van der Waals surface area contributed by atoms with Gasteiger partial charge in [0.15, 0.2) is 11.2 Å². The molecule has 29 heavy (non-hydrogen) atoms. The lowest BCUT2D eigenvalue weighted by atomic mass is 9.87. The number of hydrogen-bond acceptors (Lipinski definition) is 5. The molecule has 3 aromatic rings. The fourth-order valence-electron chi connectivity index (χ4n) is 3.13. The van der Waals surface area contributed by atoms with Crippen LogP contribution in [0.3, 0.4) is 0 Å². The summed E-state index contributed by atoms with van der Waals surface area (Å²) in [4.78, 5) is 41.4. The minimum atomic E-state index is -0.499. The molecule has 2 aromatic heterocycles. The first-order valence-corrected chi connectivity index (χ1v) is 9.14. The van der Waals surface area contributed by atoms with Crippen molar-refractivity contribution >= 4 is 22.8 Å². The number of rotatable bonds is 4. The van der Waals surface area contributed by atoms with E-state index in [4.69, 9.17) is 4.74 Å². The number of aryl methyl sites for hydroxylation is 1.